The Morgan fingerprint density at radius 2 is 1.83 bits per heavy atom. The SMILES string of the molecule is Cc1cccc(SCC(=O)N(CCC(N)=O)Cc2ccccc2)c1. The molecule has 0 aliphatic heterocycles. The molecule has 0 aliphatic rings. The second-order valence-corrected chi connectivity index (χ2v) is 6.67. The fourth-order valence-electron chi connectivity index (χ4n) is 2.28. The van der Waals surface area contributed by atoms with Crippen LogP contribution >= 0.6 is 11.8 Å². The van der Waals surface area contributed by atoms with Gasteiger partial charge in [-0.2, -0.15) is 0 Å². The highest BCUT2D eigenvalue weighted by molar-refractivity contribution is 8.00. The Morgan fingerprint density at radius 1 is 1.08 bits per heavy atom. The average molecular weight is 342 g/mol. The lowest BCUT2D eigenvalue weighted by atomic mass is 10.2. The molecule has 24 heavy (non-hydrogen) atoms. The van der Waals surface area contributed by atoms with Crippen LogP contribution in [0, 0.1) is 6.92 Å². The van der Waals surface area contributed by atoms with Crippen LogP contribution in [-0.4, -0.2) is 29.0 Å². The van der Waals surface area contributed by atoms with E-state index in [2.05, 4.69) is 6.07 Å². The number of aryl methyl sites for hydroxylation is 1. The van der Waals surface area contributed by atoms with E-state index in [1.165, 1.54) is 17.3 Å². The molecule has 0 bridgehead atoms. The maximum atomic E-state index is 12.6. The van der Waals surface area contributed by atoms with Crippen LogP contribution < -0.4 is 5.73 Å². The van der Waals surface area contributed by atoms with Crippen molar-refractivity contribution in [3.8, 4) is 0 Å². The lowest BCUT2D eigenvalue weighted by Gasteiger charge is -2.22. The third-order valence-electron chi connectivity index (χ3n) is 3.55. The van der Waals surface area contributed by atoms with Gasteiger partial charge in [0, 0.05) is 24.4 Å². The van der Waals surface area contributed by atoms with E-state index in [9.17, 15) is 9.59 Å². The van der Waals surface area contributed by atoms with Gasteiger partial charge < -0.3 is 10.6 Å². The fraction of sp³-hybridized carbons (Fsp3) is 0.263. The van der Waals surface area contributed by atoms with Gasteiger partial charge in [-0.05, 0) is 24.6 Å². The Balaban J connectivity index is 1.99. The Morgan fingerprint density at radius 3 is 2.50 bits per heavy atom. The fourth-order valence-corrected chi connectivity index (χ4v) is 3.20. The van der Waals surface area contributed by atoms with E-state index >= 15 is 0 Å². The largest absolute Gasteiger partial charge is 0.370 e. The molecular formula is C19H22N2O2S. The van der Waals surface area contributed by atoms with Crippen LogP contribution in [0.15, 0.2) is 59.5 Å². The van der Waals surface area contributed by atoms with Crippen molar-refractivity contribution in [1.82, 2.24) is 4.90 Å². The van der Waals surface area contributed by atoms with Crippen molar-refractivity contribution in [2.45, 2.75) is 24.8 Å². The molecular weight excluding hydrogens is 320 g/mol. The van der Waals surface area contributed by atoms with E-state index in [-0.39, 0.29) is 12.3 Å². The summed E-state index contributed by atoms with van der Waals surface area (Å²) in [6, 6.07) is 17.8. The first-order valence-electron chi connectivity index (χ1n) is 7.84. The summed E-state index contributed by atoms with van der Waals surface area (Å²) in [7, 11) is 0. The second kappa shape index (κ2) is 9.13. The number of benzene rings is 2. The molecule has 0 fully saturated rings. The Hall–Kier alpha value is -2.27. The van der Waals surface area contributed by atoms with Crippen molar-refractivity contribution in [2.75, 3.05) is 12.3 Å². The number of thioether (sulfide) groups is 1. The molecule has 0 unspecified atom stereocenters. The molecule has 2 N–H and O–H groups in total. The number of hydrogen-bond acceptors (Lipinski definition) is 3. The molecule has 0 heterocycles. The van der Waals surface area contributed by atoms with Gasteiger partial charge in [-0.15, -0.1) is 11.8 Å². The zero-order chi connectivity index (χ0) is 17.4. The summed E-state index contributed by atoms with van der Waals surface area (Å²) < 4.78 is 0. The highest BCUT2D eigenvalue weighted by atomic mass is 32.2. The third kappa shape index (κ3) is 6.08. The maximum absolute atomic E-state index is 12.6. The zero-order valence-corrected chi connectivity index (χ0v) is 14.6. The van der Waals surface area contributed by atoms with Crippen molar-refractivity contribution < 1.29 is 9.59 Å². The van der Waals surface area contributed by atoms with E-state index in [1.807, 2.05) is 55.5 Å². The van der Waals surface area contributed by atoms with Crippen LogP contribution in [0.1, 0.15) is 17.5 Å². The van der Waals surface area contributed by atoms with Crippen molar-refractivity contribution in [1.29, 1.82) is 0 Å². The molecule has 0 atom stereocenters. The Bertz CT molecular complexity index is 689. The average Bonchev–Trinajstić information content (AvgIpc) is 2.57. The molecule has 2 rings (SSSR count). The number of primary amides is 1. The number of nitrogens with two attached hydrogens (primary N) is 1. The van der Waals surface area contributed by atoms with Gasteiger partial charge in [0.15, 0.2) is 0 Å². The molecule has 2 amide bonds. The van der Waals surface area contributed by atoms with Crippen LogP contribution in [0.25, 0.3) is 0 Å². The van der Waals surface area contributed by atoms with E-state index in [0.29, 0.717) is 18.8 Å². The first-order valence-corrected chi connectivity index (χ1v) is 8.82. The molecule has 0 aliphatic carbocycles. The summed E-state index contributed by atoms with van der Waals surface area (Å²) in [6.07, 6.45) is 0.174. The molecule has 5 heteroatoms. The first kappa shape index (κ1) is 18.1. The molecule has 0 spiro atoms. The van der Waals surface area contributed by atoms with E-state index in [0.717, 1.165) is 10.5 Å². The highest BCUT2D eigenvalue weighted by Gasteiger charge is 2.15. The standard InChI is InChI=1S/C19H22N2O2S/c1-15-6-5-9-17(12-15)24-14-19(23)21(11-10-18(20)22)13-16-7-3-2-4-8-16/h2-9,12H,10-11,13-14H2,1H3,(H2,20,22). The van der Waals surface area contributed by atoms with Crippen molar-refractivity contribution in [3.63, 3.8) is 0 Å². The number of nitrogens with zero attached hydrogens (tertiary/aromatic N) is 1. The van der Waals surface area contributed by atoms with Crippen molar-refractivity contribution in [2.24, 2.45) is 5.73 Å². The van der Waals surface area contributed by atoms with Gasteiger partial charge >= 0.3 is 0 Å². The summed E-state index contributed by atoms with van der Waals surface area (Å²) in [5.74, 6) is -0.0477. The van der Waals surface area contributed by atoms with E-state index in [4.69, 9.17) is 5.73 Å². The lowest BCUT2D eigenvalue weighted by molar-refractivity contribution is -0.129. The molecule has 0 saturated carbocycles. The molecule has 126 valence electrons. The van der Waals surface area contributed by atoms with E-state index < -0.39 is 5.91 Å². The quantitative estimate of drug-likeness (QED) is 0.750. The summed E-state index contributed by atoms with van der Waals surface area (Å²) >= 11 is 1.51. The summed E-state index contributed by atoms with van der Waals surface area (Å²) in [6.45, 7) is 2.86. The summed E-state index contributed by atoms with van der Waals surface area (Å²) in [5.41, 5.74) is 7.44. The number of carbonyl (C=O) groups is 2. The summed E-state index contributed by atoms with van der Waals surface area (Å²) in [5, 5.41) is 0. The van der Waals surface area contributed by atoms with Gasteiger partial charge in [-0.1, -0.05) is 48.0 Å². The molecule has 0 aromatic heterocycles. The van der Waals surface area contributed by atoms with Crippen LogP contribution in [-0.2, 0) is 16.1 Å². The predicted molar refractivity (Wildman–Crippen MR) is 97.6 cm³/mol. The predicted octanol–water partition coefficient (Wildman–Crippen LogP) is 2.99. The van der Waals surface area contributed by atoms with Gasteiger partial charge in [-0.3, -0.25) is 9.59 Å². The number of carbonyl (C=O) groups excluding carboxylic acids is 2. The third-order valence-corrected chi connectivity index (χ3v) is 4.53. The molecule has 4 nitrogen and oxygen atoms in total. The van der Waals surface area contributed by atoms with Crippen LogP contribution in [0.4, 0.5) is 0 Å². The number of hydrogen-bond donors (Lipinski definition) is 1. The zero-order valence-electron chi connectivity index (χ0n) is 13.8. The van der Waals surface area contributed by atoms with Gasteiger partial charge in [0.25, 0.3) is 0 Å². The second-order valence-electron chi connectivity index (χ2n) is 5.62. The maximum Gasteiger partial charge on any atom is 0.233 e. The topological polar surface area (TPSA) is 63.4 Å². The van der Waals surface area contributed by atoms with Crippen LogP contribution in [0.5, 0.6) is 0 Å². The minimum absolute atomic E-state index is 0.00612. The minimum atomic E-state index is -0.396. The Labute approximate surface area is 147 Å². The molecule has 2 aromatic rings. The summed E-state index contributed by atoms with van der Waals surface area (Å²) in [4.78, 5) is 26.4. The van der Waals surface area contributed by atoms with Crippen LogP contribution in [0.2, 0.25) is 0 Å². The van der Waals surface area contributed by atoms with E-state index in [1.54, 1.807) is 4.90 Å². The molecule has 2 aromatic carbocycles. The Kier molecular flexibility index (Phi) is 6.88. The van der Waals surface area contributed by atoms with Crippen LogP contribution in [0.3, 0.4) is 0 Å². The normalized spacial score (nSPS) is 10.4. The lowest BCUT2D eigenvalue weighted by Crippen LogP contribution is -2.34. The van der Waals surface area contributed by atoms with Crippen molar-refractivity contribution >= 4 is 23.6 Å². The van der Waals surface area contributed by atoms with Gasteiger partial charge in [-0.25, -0.2) is 0 Å². The highest BCUT2D eigenvalue weighted by Crippen LogP contribution is 2.20. The number of rotatable bonds is 8. The molecule has 0 saturated heterocycles. The van der Waals surface area contributed by atoms with Gasteiger partial charge in [0.1, 0.15) is 0 Å². The van der Waals surface area contributed by atoms with Gasteiger partial charge in [0.05, 0.1) is 5.75 Å². The number of amides is 2. The molecule has 0 radical (unpaired) electrons. The smallest absolute Gasteiger partial charge is 0.233 e. The van der Waals surface area contributed by atoms with Crippen molar-refractivity contribution in [3.05, 3.63) is 65.7 Å². The first-order chi connectivity index (χ1) is 11.5. The monoisotopic (exact) mass is 342 g/mol. The minimum Gasteiger partial charge on any atom is -0.370 e. The van der Waals surface area contributed by atoms with Gasteiger partial charge in [0.2, 0.25) is 11.8 Å².